The molecule has 0 atom stereocenters. The summed E-state index contributed by atoms with van der Waals surface area (Å²) in [6, 6.07) is 2.44. The van der Waals surface area contributed by atoms with Crippen LogP contribution < -0.4 is 0 Å². The predicted molar refractivity (Wildman–Crippen MR) is 81.2 cm³/mol. The van der Waals surface area contributed by atoms with Crippen molar-refractivity contribution in [3.63, 3.8) is 0 Å². The highest BCUT2D eigenvalue weighted by molar-refractivity contribution is 6.43. The van der Waals surface area contributed by atoms with Gasteiger partial charge in [-0.3, -0.25) is 14.9 Å². The molecule has 0 fully saturated rings. The van der Waals surface area contributed by atoms with Crippen molar-refractivity contribution in [2.24, 2.45) is 0 Å². The number of likely N-dealkylation sites (N-methyl/N-ethyl adjacent to an activating group) is 1. The molecule has 0 N–H and O–H groups in total. The summed E-state index contributed by atoms with van der Waals surface area (Å²) in [5.41, 5.74) is -0.275. The van der Waals surface area contributed by atoms with Crippen molar-refractivity contribution in [1.29, 1.82) is 0 Å². The van der Waals surface area contributed by atoms with Crippen LogP contribution in [-0.2, 0) is 4.74 Å². The second kappa shape index (κ2) is 7.59. The molecule has 8 heteroatoms. The molecule has 0 bridgehead atoms. The van der Waals surface area contributed by atoms with Gasteiger partial charge in [0.2, 0.25) is 0 Å². The summed E-state index contributed by atoms with van der Waals surface area (Å²) >= 11 is 11.6. The van der Waals surface area contributed by atoms with Crippen molar-refractivity contribution in [1.82, 2.24) is 4.90 Å². The second-order valence-corrected chi connectivity index (χ2v) is 5.48. The van der Waals surface area contributed by atoms with Gasteiger partial charge in [0.25, 0.3) is 11.6 Å². The average Bonchev–Trinajstić information content (AvgIpc) is 2.39. The standard InChI is InChI=1S/C13H16Cl2N2O4/c1-8(2)21-5-4-16(3)13(18)9-6-10(14)12(15)11(7-9)17(19)20/h6-8H,4-5H2,1-3H3. The number of amides is 1. The summed E-state index contributed by atoms with van der Waals surface area (Å²) in [5, 5.41) is 10.7. The van der Waals surface area contributed by atoms with Crippen molar-refractivity contribution in [2.45, 2.75) is 20.0 Å². The van der Waals surface area contributed by atoms with Gasteiger partial charge in [0.05, 0.1) is 22.7 Å². The van der Waals surface area contributed by atoms with Gasteiger partial charge in [-0.2, -0.15) is 0 Å². The van der Waals surface area contributed by atoms with E-state index in [1.165, 1.54) is 11.0 Å². The van der Waals surface area contributed by atoms with E-state index in [1.54, 1.807) is 7.05 Å². The monoisotopic (exact) mass is 334 g/mol. The second-order valence-electron chi connectivity index (χ2n) is 4.69. The Labute approximate surface area is 132 Å². The van der Waals surface area contributed by atoms with E-state index in [9.17, 15) is 14.9 Å². The number of carbonyl (C=O) groups is 1. The lowest BCUT2D eigenvalue weighted by Crippen LogP contribution is -2.30. The highest BCUT2D eigenvalue weighted by atomic mass is 35.5. The Balaban J connectivity index is 2.89. The third-order valence-corrected chi connectivity index (χ3v) is 3.47. The molecule has 0 saturated carbocycles. The summed E-state index contributed by atoms with van der Waals surface area (Å²) < 4.78 is 5.35. The molecule has 1 aromatic carbocycles. The molecule has 0 aliphatic rings. The molecule has 1 rings (SSSR count). The minimum Gasteiger partial charge on any atom is -0.377 e. The molecular weight excluding hydrogens is 319 g/mol. The van der Waals surface area contributed by atoms with Gasteiger partial charge in [-0.25, -0.2) is 0 Å². The Morgan fingerprint density at radius 3 is 2.57 bits per heavy atom. The highest BCUT2D eigenvalue weighted by Gasteiger charge is 2.21. The van der Waals surface area contributed by atoms with Crippen molar-refractivity contribution in [3.05, 3.63) is 37.9 Å². The molecule has 116 valence electrons. The smallest absolute Gasteiger partial charge is 0.290 e. The van der Waals surface area contributed by atoms with E-state index >= 15 is 0 Å². The normalized spacial score (nSPS) is 10.8. The van der Waals surface area contributed by atoms with Gasteiger partial charge >= 0.3 is 0 Å². The SMILES string of the molecule is CC(C)OCCN(C)C(=O)c1cc(Cl)c(Cl)c([N+](=O)[O-])c1. The quantitative estimate of drug-likeness (QED) is 0.590. The van der Waals surface area contributed by atoms with Gasteiger partial charge in [0, 0.05) is 25.2 Å². The number of benzene rings is 1. The van der Waals surface area contributed by atoms with Crippen LogP contribution in [0.4, 0.5) is 5.69 Å². The molecule has 0 aromatic heterocycles. The van der Waals surface area contributed by atoms with E-state index < -0.39 is 4.92 Å². The topological polar surface area (TPSA) is 72.7 Å². The zero-order chi connectivity index (χ0) is 16.2. The van der Waals surface area contributed by atoms with Crippen LogP contribution in [0.2, 0.25) is 10.0 Å². The van der Waals surface area contributed by atoms with Crippen molar-refractivity contribution >= 4 is 34.8 Å². The summed E-state index contributed by atoms with van der Waals surface area (Å²) in [6.07, 6.45) is 0.0690. The van der Waals surface area contributed by atoms with Crippen molar-refractivity contribution in [2.75, 3.05) is 20.2 Å². The van der Waals surface area contributed by atoms with E-state index in [0.717, 1.165) is 6.07 Å². The molecular formula is C13H16Cl2N2O4. The largest absolute Gasteiger partial charge is 0.377 e. The minimum atomic E-state index is -0.674. The van der Waals surface area contributed by atoms with Crippen LogP contribution in [0.5, 0.6) is 0 Å². The lowest BCUT2D eigenvalue weighted by atomic mass is 10.1. The Bertz CT molecular complexity index is 549. The molecule has 0 spiro atoms. The van der Waals surface area contributed by atoms with E-state index in [4.69, 9.17) is 27.9 Å². The fraction of sp³-hybridized carbons (Fsp3) is 0.462. The Kier molecular flexibility index (Phi) is 6.39. The Hall–Kier alpha value is -1.37. The molecule has 1 amide bonds. The summed E-state index contributed by atoms with van der Waals surface area (Å²) in [4.78, 5) is 23.8. The summed E-state index contributed by atoms with van der Waals surface area (Å²) in [6.45, 7) is 4.53. The molecule has 0 aliphatic carbocycles. The molecule has 21 heavy (non-hydrogen) atoms. The average molecular weight is 335 g/mol. The fourth-order valence-corrected chi connectivity index (χ4v) is 1.97. The van der Waals surface area contributed by atoms with Crippen LogP contribution in [0.3, 0.4) is 0 Å². The fourth-order valence-electron chi connectivity index (χ4n) is 1.58. The van der Waals surface area contributed by atoms with Crippen LogP contribution in [0, 0.1) is 10.1 Å². The number of halogens is 2. The first kappa shape index (κ1) is 17.7. The number of nitrogens with zero attached hydrogens (tertiary/aromatic N) is 2. The predicted octanol–water partition coefficient (Wildman–Crippen LogP) is 3.40. The molecule has 0 radical (unpaired) electrons. The molecule has 1 aromatic rings. The van der Waals surface area contributed by atoms with E-state index in [2.05, 4.69) is 0 Å². The van der Waals surface area contributed by atoms with Gasteiger partial charge in [0.1, 0.15) is 5.02 Å². The third-order valence-electron chi connectivity index (χ3n) is 2.68. The number of nitro groups is 1. The van der Waals surface area contributed by atoms with Crippen LogP contribution in [-0.4, -0.2) is 42.0 Å². The zero-order valence-corrected chi connectivity index (χ0v) is 13.4. The lowest BCUT2D eigenvalue weighted by molar-refractivity contribution is -0.384. The van der Waals surface area contributed by atoms with Crippen LogP contribution in [0.1, 0.15) is 24.2 Å². The first-order valence-electron chi connectivity index (χ1n) is 6.24. The zero-order valence-electron chi connectivity index (χ0n) is 11.9. The molecule has 6 nitrogen and oxygen atoms in total. The van der Waals surface area contributed by atoms with Crippen LogP contribution >= 0.6 is 23.2 Å². The maximum absolute atomic E-state index is 12.2. The van der Waals surface area contributed by atoms with E-state index in [0.29, 0.717) is 13.2 Å². The van der Waals surface area contributed by atoms with Crippen LogP contribution in [0.15, 0.2) is 12.1 Å². The summed E-state index contributed by atoms with van der Waals surface area (Å²) in [7, 11) is 1.58. The van der Waals surface area contributed by atoms with Gasteiger partial charge < -0.3 is 9.64 Å². The first-order valence-corrected chi connectivity index (χ1v) is 7.00. The van der Waals surface area contributed by atoms with E-state index in [-0.39, 0.29) is 33.3 Å². The van der Waals surface area contributed by atoms with Gasteiger partial charge in [-0.15, -0.1) is 0 Å². The Morgan fingerprint density at radius 2 is 2.05 bits per heavy atom. The third kappa shape index (κ3) is 4.84. The van der Waals surface area contributed by atoms with Crippen LogP contribution in [0.25, 0.3) is 0 Å². The van der Waals surface area contributed by atoms with Gasteiger partial charge in [0.15, 0.2) is 0 Å². The number of carbonyl (C=O) groups excluding carboxylic acids is 1. The molecule has 0 heterocycles. The maximum Gasteiger partial charge on any atom is 0.290 e. The highest BCUT2D eigenvalue weighted by Crippen LogP contribution is 2.33. The van der Waals surface area contributed by atoms with Gasteiger partial charge in [-0.1, -0.05) is 23.2 Å². The Morgan fingerprint density at radius 1 is 1.43 bits per heavy atom. The maximum atomic E-state index is 12.2. The number of nitro benzene ring substituents is 1. The number of ether oxygens (including phenoxy) is 1. The van der Waals surface area contributed by atoms with E-state index in [1.807, 2.05) is 13.8 Å². The number of rotatable bonds is 6. The summed E-state index contributed by atoms with van der Waals surface area (Å²) in [5.74, 6) is -0.385. The molecule has 0 saturated heterocycles. The minimum absolute atomic E-state index is 0.0268. The number of hydrogen-bond donors (Lipinski definition) is 0. The lowest BCUT2D eigenvalue weighted by Gasteiger charge is -2.18. The first-order chi connectivity index (χ1) is 9.73. The number of hydrogen-bond acceptors (Lipinski definition) is 4. The molecule has 0 unspecified atom stereocenters. The molecule has 0 aliphatic heterocycles. The van der Waals surface area contributed by atoms with Crippen molar-refractivity contribution in [3.8, 4) is 0 Å². The van der Waals surface area contributed by atoms with Gasteiger partial charge in [-0.05, 0) is 19.9 Å². The van der Waals surface area contributed by atoms with Crippen molar-refractivity contribution < 1.29 is 14.5 Å².